The quantitative estimate of drug-likeness (QED) is 0.842. The van der Waals surface area contributed by atoms with Crippen molar-refractivity contribution in [3.63, 3.8) is 0 Å². The molecule has 1 aliphatic rings. The average Bonchev–Trinajstić information content (AvgIpc) is 2.70. The van der Waals surface area contributed by atoms with Crippen LogP contribution in [0.2, 0.25) is 0 Å². The first-order valence-electron chi connectivity index (χ1n) is 7.52. The van der Waals surface area contributed by atoms with Crippen LogP contribution in [0.5, 0.6) is 0 Å². The van der Waals surface area contributed by atoms with Crippen molar-refractivity contribution in [1.29, 1.82) is 0 Å². The van der Waals surface area contributed by atoms with Crippen LogP contribution in [0.1, 0.15) is 24.0 Å². The number of rotatable bonds is 3. The Labute approximate surface area is 126 Å². The second-order valence-electron chi connectivity index (χ2n) is 5.63. The molecule has 2 N–H and O–H groups in total. The summed E-state index contributed by atoms with van der Waals surface area (Å²) in [5, 5.41) is 18.6. The van der Waals surface area contributed by atoms with Crippen LogP contribution in [0.25, 0.3) is 0 Å². The molecule has 0 fully saturated rings. The summed E-state index contributed by atoms with van der Waals surface area (Å²) in [5.41, 5.74) is 4.38. The fraction of sp³-hybridized carbons (Fsp3) is 0.294. The summed E-state index contributed by atoms with van der Waals surface area (Å²) in [6.07, 6.45) is 3.56. The van der Waals surface area contributed by atoms with Gasteiger partial charge in [0.25, 0.3) is 0 Å². The van der Waals surface area contributed by atoms with Gasteiger partial charge in [0.2, 0.25) is 0 Å². The molecule has 0 saturated heterocycles. The molecule has 21 heavy (non-hydrogen) atoms. The number of hydrogen-bond donors (Lipinski definition) is 2. The smallest absolute Gasteiger partial charge is 0.423 e. The monoisotopic (exact) mass is 281 g/mol. The molecule has 3 nitrogen and oxygen atoms in total. The fourth-order valence-corrected chi connectivity index (χ4v) is 3.01. The first kappa shape index (κ1) is 14.2. The molecule has 0 atom stereocenters. The molecule has 3 rings (SSSR count). The molecule has 0 unspecified atom stereocenters. The normalized spacial score (nSPS) is 14.5. The molecule has 108 valence electrons. The highest BCUT2D eigenvalue weighted by atomic mass is 16.4. The van der Waals surface area contributed by atoms with Crippen LogP contribution in [-0.2, 0) is 13.0 Å². The molecule has 4 heteroatoms. The largest absolute Gasteiger partial charge is 0.488 e. The number of anilines is 1. The minimum atomic E-state index is -1.40. The van der Waals surface area contributed by atoms with Crippen molar-refractivity contribution < 1.29 is 10.0 Å². The number of para-hydroxylation sites is 1. The van der Waals surface area contributed by atoms with Gasteiger partial charge >= 0.3 is 7.12 Å². The van der Waals surface area contributed by atoms with Crippen LogP contribution in [0.4, 0.5) is 5.69 Å². The summed E-state index contributed by atoms with van der Waals surface area (Å²) in [6, 6.07) is 16.1. The first-order chi connectivity index (χ1) is 10.2. The van der Waals surface area contributed by atoms with Crippen molar-refractivity contribution in [2.24, 2.45) is 0 Å². The van der Waals surface area contributed by atoms with E-state index in [1.54, 1.807) is 6.07 Å². The predicted octanol–water partition coefficient (Wildman–Crippen LogP) is 1.71. The number of fused-ring (bicyclic) bond motifs is 1. The van der Waals surface area contributed by atoms with Gasteiger partial charge in [-0.05, 0) is 41.9 Å². The SMILES string of the molecule is OB(O)c1cccc(CN2CCCCc3ccccc32)c1. The minimum absolute atomic E-state index is 0.551. The van der Waals surface area contributed by atoms with Gasteiger partial charge in [-0.2, -0.15) is 0 Å². The Balaban J connectivity index is 1.86. The van der Waals surface area contributed by atoms with Crippen LogP contribution in [0.3, 0.4) is 0 Å². The van der Waals surface area contributed by atoms with Crippen LogP contribution >= 0.6 is 0 Å². The molecule has 1 heterocycles. The van der Waals surface area contributed by atoms with Gasteiger partial charge in [0.05, 0.1) is 0 Å². The Morgan fingerprint density at radius 3 is 2.71 bits per heavy atom. The second kappa shape index (κ2) is 6.33. The van der Waals surface area contributed by atoms with Gasteiger partial charge in [0.15, 0.2) is 0 Å². The van der Waals surface area contributed by atoms with Crippen molar-refractivity contribution in [1.82, 2.24) is 0 Å². The lowest BCUT2D eigenvalue weighted by Gasteiger charge is -2.25. The van der Waals surface area contributed by atoms with Gasteiger partial charge in [-0.25, -0.2) is 0 Å². The molecule has 0 amide bonds. The van der Waals surface area contributed by atoms with E-state index in [0.717, 1.165) is 25.1 Å². The van der Waals surface area contributed by atoms with E-state index in [2.05, 4.69) is 29.2 Å². The maximum atomic E-state index is 9.30. The van der Waals surface area contributed by atoms with Crippen LogP contribution in [-0.4, -0.2) is 23.7 Å². The number of aryl methyl sites for hydroxylation is 1. The third-order valence-electron chi connectivity index (χ3n) is 4.08. The van der Waals surface area contributed by atoms with E-state index in [0.29, 0.717) is 5.46 Å². The van der Waals surface area contributed by atoms with E-state index in [-0.39, 0.29) is 0 Å². The van der Waals surface area contributed by atoms with Crippen molar-refractivity contribution >= 4 is 18.3 Å². The van der Waals surface area contributed by atoms with Gasteiger partial charge in [0, 0.05) is 18.8 Å². The molecule has 0 aliphatic carbocycles. The Bertz CT molecular complexity index is 615. The third kappa shape index (κ3) is 3.28. The fourth-order valence-electron chi connectivity index (χ4n) is 3.01. The molecular formula is C17H20BNO2. The molecule has 0 saturated carbocycles. The molecular weight excluding hydrogens is 261 g/mol. The predicted molar refractivity (Wildman–Crippen MR) is 86.7 cm³/mol. The lowest BCUT2D eigenvalue weighted by Crippen LogP contribution is -2.31. The molecule has 0 bridgehead atoms. The van der Waals surface area contributed by atoms with Gasteiger partial charge in [0.1, 0.15) is 0 Å². The van der Waals surface area contributed by atoms with E-state index in [1.165, 1.54) is 24.1 Å². The average molecular weight is 281 g/mol. The van der Waals surface area contributed by atoms with Gasteiger partial charge in [-0.3, -0.25) is 0 Å². The third-order valence-corrected chi connectivity index (χ3v) is 4.08. The lowest BCUT2D eigenvalue weighted by atomic mass is 9.79. The number of nitrogens with zero attached hydrogens (tertiary/aromatic N) is 1. The summed E-state index contributed by atoms with van der Waals surface area (Å²) >= 11 is 0. The zero-order valence-electron chi connectivity index (χ0n) is 12.1. The van der Waals surface area contributed by atoms with Crippen molar-refractivity contribution in [2.75, 3.05) is 11.4 Å². The number of hydrogen-bond acceptors (Lipinski definition) is 3. The summed E-state index contributed by atoms with van der Waals surface area (Å²) < 4.78 is 0. The van der Waals surface area contributed by atoms with Crippen LogP contribution in [0, 0.1) is 0 Å². The van der Waals surface area contributed by atoms with Crippen molar-refractivity contribution in [3.8, 4) is 0 Å². The molecule has 0 aromatic heterocycles. The minimum Gasteiger partial charge on any atom is -0.423 e. The summed E-state index contributed by atoms with van der Waals surface area (Å²) in [4.78, 5) is 2.39. The standard InChI is InChI=1S/C17H20BNO2/c20-18(21)16-9-5-6-14(12-16)13-19-11-4-3-8-15-7-1-2-10-17(15)19/h1-2,5-7,9-10,12,20-21H,3-4,8,11,13H2. The summed E-state index contributed by atoms with van der Waals surface area (Å²) in [6.45, 7) is 1.85. The lowest BCUT2D eigenvalue weighted by molar-refractivity contribution is 0.425. The molecule has 1 aliphatic heterocycles. The second-order valence-corrected chi connectivity index (χ2v) is 5.63. The Morgan fingerprint density at radius 2 is 1.86 bits per heavy atom. The van der Waals surface area contributed by atoms with Crippen molar-refractivity contribution in [2.45, 2.75) is 25.8 Å². The van der Waals surface area contributed by atoms with E-state index in [4.69, 9.17) is 0 Å². The van der Waals surface area contributed by atoms with Crippen molar-refractivity contribution in [3.05, 3.63) is 59.7 Å². The Kier molecular flexibility index (Phi) is 4.27. The van der Waals surface area contributed by atoms with Crippen LogP contribution in [0.15, 0.2) is 48.5 Å². The van der Waals surface area contributed by atoms with E-state index < -0.39 is 7.12 Å². The zero-order chi connectivity index (χ0) is 14.7. The van der Waals surface area contributed by atoms with E-state index in [9.17, 15) is 10.0 Å². The highest BCUT2D eigenvalue weighted by molar-refractivity contribution is 6.58. The molecule has 2 aromatic carbocycles. The van der Waals surface area contributed by atoms with E-state index in [1.807, 2.05) is 18.2 Å². The van der Waals surface area contributed by atoms with Gasteiger partial charge in [-0.1, -0.05) is 42.5 Å². The Morgan fingerprint density at radius 1 is 1.00 bits per heavy atom. The zero-order valence-corrected chi connectivity index (χ0v) is 12.1. The molecule has 0 spiro atoms. The highest BCUT2D eigenvalue weighted by Crippen LogP contribution is 2.27. The Hall–Kier alpha value is -1.78. The van der Waals surface area contributed by atoms with Gasteiger partial charge in [-0.15, -0.1) is 0 Å². The summed E-state index contributed by atoms with van der Waals surface area (Å²) in [5.74, 6) is 0. The first-order valence-corrected chi connectivity index (χ1v) is 7.52. The van der Waals surface area contributed by atoms with Crippen LogP contribution < -0.4 is 10.4 Å². The topological polar surface area (TPSA) is 43.7 Å². The maximum absolute atomic E-state index is 9.30. The summed E-state index contributed by atoms with van der Waals surface area (Å²) in [7, 11) is -1.40. The molecule has 2 aromatic rings. The maximum Gasteiger partial charge on any atom is 0.488 e. The molecule has 0 radical (unpaired) electrons. The highest BCUT2D eigenvalue weighted by Gasteiger charge is 2.16. The van der Waals surface area contributed by atoms with E-state index >= 15 is 0 Å². The number of benzene rings is 2. The van der Waals surface area contributed by atoms with Gasteiger partial charge < -0.3 is 14.9 Å².